The summed E-state index contributed by atoms with van der Waals surface area (Å²) >= 11 is 0. The van der Waals surface area contributed by atoms with Gasteiger partial charge in [-0.1, -0.05) is 5.16 Å². The second-order valence-corrected chi connectivity index (χ2v) is 4.80. The van der Waals surface area contributed by atoms with Crippen LogP contribution in [-0.2, 0) is 14.3 Å². The van der Waals surface area contributed by atoms with E-state index in [1.165, 1.54) is 6.07 Å². The van der Waals surface area contributed by atoms with Gasteiger partial charge in [0.2, 0.25) is 0 Å². The molecule has 0 saturated carbocycles. The molecule has 0 spiro atoms. The number of ether oxygens (including phenoxy) is 1. The number of hydrogen-bond acceptors (Lipinski definition) is 6. The molecule has 2 rings (SSSR count). The lowest BCUT2D eigenvalue weighted by molar-refractivity contribution is -0.137. The van der Waals surface area contributed by atoms with Crippen LogP contribution in [0.1, 0.15) is 18.6 Å². The molecule has 110 valence electrons. The van der Waals surface area contributed by atoms with E-state index in [1.807, 2.05) is 0 Å². The molecule has 3 N–H and O–H groups in total. The Hall–Kier alpha value is -1.93. The van der Waals surface area contributed by atoms with E-state index in [-0.39, 0.29) is 12.4 Å². The fourth-order valence-corrected chi connectivity index (χ4v) is 1.85. The molecule has 20 heavy (non-hydrogen) atoms. The third-order valence-electron chi connectivity index (χ3n) is 3.08. The Morgan fingerprint density at radius 1 is 1.40 bits per heavy atom. The van der Waals surface area contributed by atoms with E-state index >= 15 is 0 Å². The third-order valence-corrected chi connectivity index (χ3v) is 3.08. The van der Waals surface area contributed by atoms with Gasteiger partial charge in [-0.3, -0.25) is 14.9 Å². The number of anilines is 1. The van der Waals surface area contributed by atoms with Crippen molar-refractivity contribution in [2.45, 2.75) is 25.4 Å². The first kappa shape index (κ1) is 14.5. The molecule has 0 aromatic carbocycles. The standard InChI is InChI=1S/C12H17N3O5/c1-8-6-9(15-20-8)14-11(17)10(16)13-7-12(18)2-4-19-5-3-12/h6,18H,2-5,7H2,1H3,(H,13,16)(H,14,15,17). The highest BCUT2D eigenvalue weighted by molar-refractivity contribution is 6.39. The van der Waals surface area contributed by atoms with Crippen molar-refractivity contribution in [2.24, 2.45) is 0 Å². The van der Waals surface area contributed by atoms with Gasteiger partial charge in [-0.05, 0) is 6.92 Å². The Morgan fingerprint density at radius 2 is 2.10 bits per heavy atom. The van der Waals surface area contributed by atoms with Crippen molar-refractivity contribution in [3.05, 3.63) is 11.8 Å². The van der Waals surface area contributed by atoms with Gasteiger partial charge < -0.3 is 19.7 Å². The van der Waals surface area contributed by atoms with Gasteiger partial charge in [0, 0.05) is 38.7 Å². The molecule has 8 nitrogen and oxygen atoms in total. The summed E-state index contributed by atoms with van der Waals surface area (Å²) in [5.74, 6) is -0.982. The maximum atomic E-state index is 11.6. The Bertz CT molecular complexity index is 493. The lowest BCUT2D eigenvalue weighted by Crippen LogP contribution is -2.48. The minimum atomic E-state index is -1.02. The van der Waals surface area contributed by atoms with Crippen LogP contribution in [0.15, 0.2) is 10.6 Å². The summed E-state index contributed by atoms with van der Waals surface area (Å²) in [6.45, 7) is 2.57. The van der Waals surface area contributed by atoms with Crippen LogP contribution >= 0.6 is 0 Å². The molecule has 0 aliphatic carbocycles. The van der Waals surface area contributed by atoms with Gasteiger partial charge in [0.1, 0.15) is 5.76 Å². The average Bonchev–Trinajstić information content (AvgIpc) is 2.82. The lowest BCUT2D eigenvalue weighted by atomic mass is 9.94. The highest BCUT2D eigenvalue weighted by Crippen LogP contribution is 2.19. The summed E-state index contributed by atoms with van der Waals surface area (Å²) in [6.07, 6.45) is 0.856. The number of aliphatic hydroxyl groups is 1. The number of nitrogens with one attached hydrogen (secondary N) is 2. The Morgan fingerprint density at radius 3 is 2.70 bits per heavy atom. The Labute approximate surface area is 115 Å². The fourth-order valence-electron chi connectivity index (χ4n) is 1.85. The molecule has 8 heteroatoms. The van der Waals surface area contributed by atoms with E-state index < -0.39 is 17.4 Å². The number of rotatable bonds is 3. The Kier molecular flexibility index (Phi) is 4.35. The molecule has 0 radical (unpaired) electrons. The molecule has 1 saturated heterocycles. The number of aromatic nitrogens is 1. The van der Waals surface area contributed by atoms with Crippen LogP contribution in [0.3, 0.4) is 0 Å². The fraction of sp³-hybridized carbons (Fsp3) is 0.583. The minimum absolute atomic E-state index is 0.0143. The number of hydrogen-bond donors (Lipinski definition) is 3. The van der Waals surface area contributed by atoms with E-state index in [1.54, 1.807) is 6.92 Å². The molecular formula is C12H17N3O5. The SMILES string of the molecule is Cc1cc(NC(=O)C(=O)NCC2(O)CCOCC2)no1. The predicted molar refractivity (Wildman–Crippen MR) is 67.9 cm³/mol. The zero-order valence-electron chi connectivity index (χ0n) is 11.1. The molecule has 1 aromatic rings. The van der Waals surface area contributed by atoms with Gasteiger partial charge in [0.15, 0.2) is 5.82 Å². The maximum Gasteiger partial charge on any atom is 0.314 e. The minimum Gasteiger partial charge on any atom is -0.388 e. The van der Waals surface area contributed by atoms with Gasteiger partial charge >= 0.3 is 11.8 Å². The van der Waals surface area contributed by atoms with E-state index in [4.69, 9.17) is 9.26 Å². The highest BCUT2D eigenvalue weighted by atomic mass is 16.5. The maximum absolute atomic E-state index is 11.6. The molecule has 1 aliphatic rings. The van der Waals surface area contributed by atoms with E-state index in [0.29, 0.717) is 31.8 Å². The molecule has 1 aromatic heterocycles. The smallest absolute Gasteiger partial charge is 0.314 e. The number of nitrogens with zero attached hydrogens (tertiary/aromatic N) is 1. The molecule has 2 heterocycles. The summed E-state index contributed by atoms with van der Waals surface area (Å²) in [6, 6.07) is 1.50. The molecular weight excluding hydrogens is 266 g/mol. The van der Waals surface area contributed by atoms with Gasteiger partial charge in [-0.25, -0.2) is 0 Å². The van der Waals surface area contributed by atoms with Crippen molar-refractivity contribution in [1.29, 1.82) is 0 Å². The first-order valence-corrected chi connectivity index (χ1v) is 6.31. The number of amides is 2. The quantitative estimate of drug-likeness (QED) is 0.649. The predicted octanol–water partition coefficient (Wildman–Crippen LogP) is -0.421. The molecule has 1 fully saturated rings. The van der Waals surface area contributed by atoms with E-state index in [2.05, 4.69) is 15.8 Å². The van der Waals surface area contributed by atoms with Crippen LogP contribution in [0.25, 0.3) is 0 Å². The second-order valence-electron chi connectivity index (χ2n) is 4.80. The lowest BCUT2D eigenvalue weighted by Gasteiger charge is -2.31. The molecule has 0 bridgehead atoms. The Balaban J connectivity index is 1.80. The monoisotopic (exact) mass is 283 g/mol. The molecule has 2 amide bonds. The average molecular weight is 283 g/mol. The molecule has 0 unspecified atom stereocenters. The normalized spacial score (nSPS) is 17.5. The van der Waals surface area contributed by atoms with Crippen molar-refractivity contribution < 1.29 is 24.0 Å². The first-order chi connectivity index (χ1) is 9.48. The van der Waals surface area contributed by atoms with Crippen LogP contribution in [0, 0.1) is 6.92 Å². The van der Waals surface area contributed by atoms with Gasteiger partial charge in [0.25, 0.3) is 0 Å². The topological polar surface area (TPSA) is 114 Å². The second kappa shape index (κ2) is 6.02. The summed E-state index contributed by atoms with van der Waals surface area (Å²) in [4.78, 5) is 23.2. The van der Waals surface area contributed by atoms with Crippen LogP contribution in [-0.4, -0.2) is 47.4 Å². The number of carbonyl (C=O) groups is 2. The van der Waals surface area contributed by atoms with Gasteiger partial charge in [-0.15, -0.1) is 0 Å². The van der Waals surface area contributed by atoms with E-state index in [0.717, 1.165) is 0 Å². The van der Waals surface area contributed by atoms with Crippen molar-refractivity contribution >= 4 is 17.6 Å². The van der Waals surface area contributed by atoms with Crippen molar-refractivity contribution in [3.8, 4) is 0 Å². The van der Waals surface area contributed by atoms with Gasteiger partial charge in [-0.2, -0.15) is 0 Å². The molecule has 1 aliphatic heterocycles. The van der Waals surface area contributed by atoms with Crippen molar-refractivity contribution in [1.82, 2.24) is 10.5 Å². The third kappa shape index (κ3) is 3.78. The van der Waals surface area contributed by atoms with Crippen LogP contribution < -0.4 is 10.6 Å². The number of carbonyl (C=O) groups excluding carboxylic acids is 2. The summed E-state index contributed by atoms with van der Waals surface area (Å²) in [7, 11) is 0. The summed E-state index contributed by atoms with van der Waals surface area (Å²) < 4.78 is 9.90. The van der Waals surface area contributed by atoms with Crippen LogP contribution in [0.4, 0.5) is 5.82 Å². The van der Waals surface area contributed by atoms with Crippen LogP contribution in [0.2, 0.25) is 0 Å². The number of aryl methyl sites for hydroxylation is 1. The zero-order valence-corrected chi connectivity index (χ0v) is 11.1. The van der Waals surface area contributed by atoms with Crippen LogP contribution in [0.5, 0.6) is 0 Å². The summed E-state index contributed by atoms with van der Waals surface area (Å²) in [5.41, 5.74) is -1.02. The van der Waals surface area contributed by atoms with Crippen molar-refractivity contribution in [2.75, 3.05) is 25.1 Å². The molecule has 0 atom stereocenters. The van der Waals surface area contributed by atoms with Gasteiger partial charge in [0.05, 0.1) is 5.60 Å². The summed E-state index contributed by atoms with van der Waals surface area (Å²) in [5, 5.41) is 18.4. The van der Waals surface area contributed by atoms with E-state index in [9.17, 15) is 14.7 Å². The first-order valence-electron chi connectivity index (χ1n) is 6.31. The highest BCUT2D eigenvalue weighted by Gasteiger charge is 2.31. The van der Waals surface area contributed by atoms with Crippen molar-refractivity contribution in [3.63, 3.8) is 0 Å². The zero-order chi connectivity index (χ0) is 14.6. The largest absolute Gasteiger partial charge is 0.388 e.